The van der Waals surface area contributed by atoms with E-state index >= 15 is 0 Å². The van der Waals surface area contributed by atoms with Crippen molar-refractivity contribution in [1.29, 1.82) is 0 Å². The lowest BCUT2D eigenvalue weighted by Crippen LogP contribution is -1.98. The third-order valence-electron chi connectivity index (χ3n) is 2.28. The number of nitrogens with zero attached hydrogens (tertiary/aromatic N) is 2. The summed E-state index contributed by atoms with van der Waals surface area (Å²) >= 11 is 4.73. The molecule has 0 saturated carbocycles. The molecule has 5 nitrogen and oxygen atoms in total. The first kappa shape index (κ1) is 10.8. The third-order valence-corrected chi connectivity index (χ3v) is 3.59. The summed E-state index contributed by atoms with van der Waals surface area (Å²) in [5.74, 6) is 1.59. The number of halogens is 1. The fourth-order valence-corrected chi connectivity index (χ4v) is 2.51. The Morgan fingerprint density at radius 1 is 1.29 bits per heavy atom. The fraction of sp³-hybridized carbons (Fsp3) is 0.200. The van der Waals surface area contributed by atoms with Crippen LogP contribution in [0.3, 0.4) is 0 Å². The molecule has 0 atom stereocenters. The van der Waals surface area contributed by atoms with E-state index in [0.717, 1.165) is 26.1 Å². The highest BCUT2D eigenvalue weighted by Gasteiger charge is 2.13. The van der Waals surface area contributed by atoms with Gasteiger partial charge in [0.1, 0.15) is 0 Å². The third kappa shape index (κ3) is 2.34. The SMILES string of the molecule is Brc1nnc(NCc2ccc3c(c2)OCO3)s1. The average Bonchev–Trinajstić information content (AvgIpc) is 2.94. The second-order valence-electron chi connectivity index (χ2n) is 3.40. The molecule has 2 heterocycles. The van der Waals surface area contributed by atoms with Crippen molar-refractivity contribution < 1.29 is 9.47 Å². The largest absolute Gasteiger partial charge is 0.454 e. The number of ether oxygens (including phenoxy) is 2. The van der Waals surface area contributed by atoms with E-state index in [1.165, 1.54) is 11.3 Å². The van der Waals surface area contributed by atoms with Crippen molar-refractivity contribution in [3.63, 3.8) is 0 Å². The van der Waals surface area contributed by atoms with Crippen LogP contribution >= 0.6 is 27.3 Å². The number of anilines is 1. The van der Waals surface area contributed by atoms with Crippen LogP contribution in [0.5, 0.6) is 11.5 Å². The lowest BCUT2D eigenvalue weighted by atomic mass is 10.2. The number of benzene rings is 1. The Morgan fingerprint density at radius 2 is 2.18 bits per heavy atom. The van der Waals surface area contributed by atoms with E-state index in [4.69, 9.17) is 9.47 Å². The summed E-state index contributed by atoms with van der Waals surface area (Å²) in [6.07, 6.45) is 0. The minimum Gasteiger partial charge on any atom is -0.454 e. The Balaban J connectivity index is 1.69. The van der Waals surface area contributed by atoms with Gasteiger partial charge in [-0.3, -0.25) is 0 Å². The van der Waals surface area contributed by atoms with Crippen LogP contribution in [0.1, 0.15) is 5.56 Å². The zero-order valence-electron chi connectivity index (χ0n) is 8.64. The number of rotatable bonds is 3. The van der Waals surface area contributed by atoms with E-state index in [9.17, 15) is 0 Å². The predicted molar refractivity (Wildman–Crippen MR) is 67.5 cm³/mol. The number of aromatic nitrogens is 2. The van der Waals surface area contributed by atoms with Crippen molar-refractivity contribution in [2.24, 2.45) is 0 Å². The molecule has 0 fully saturated rings. The van der Waals surface area contributed by atoms with Gasteiger partial charge in [-0.05, 0) is 33.6 Å². The number of nitrogens with one attached hydrogen (secondary N) is 1. The zero-order chi connectivity index (χ0) is 11.7. The van der Waals surface area contributed by atoms with Crippen molar-refractivity contribution in [3.8, 4) is 11.5 Å². The molecule has 0 saturated heterocycles. The predicted octanol–water partition coefficient (Wildman–Crippen LogP) is 2.64. The highest BCUT2D eigenvalue weighted by atomic mass is 79.9. The molecule has 88 valence electrons. The topological polar surface area (TPSA) is 56.3 Å². The number of hydrogen-bond acceptors (Lipinski definition) is 6. The molecule has 1 aliphatic heterocycles. The monoisotopic (exact) mass is 313 g/mol. The summed E-state index contributed by atoms with van der Waals surface area (Å²) in [5.41, 5.74) is 1.11. The first-order valence-corrected chi connectivity index (χ1v) is 6.53. The van der Waals surface area contributed by atoms with Gasteiger partial charge in [-0.1, -0.05) is 17.4 Å². The molecule has 2 aromatic rings. The Kier molecular flexibility index (Phi) is 2.86. The molecule has 0 radical (unpaired) electrons. The molecule has 1 aromatic heterocycles. The molecule has 0 amide bonds. The van der Waals surface area contributed by atoms with Crippen molar-refractivity contribution in [1.82, 2.24) is 10.2 Å². The highest BCUT2D eigenvalue weighted by Crippen LogP contribution is 2.32. The minimum atomic E-state index is 0.301. The Labute approximate surface area is 110 Å². The van der Waals surface area contributed by atoms with Gasteiger partial charge in [0, 0.05) is 6.54 Å². The van der Waals surface area contributed by atoms with E-state index in [-0.39, 0.29) is 0 Å². The molecule has 17 heavy (non-hydrogen) atoms. The average molecular weight is 314 g/mol. The summed E-state index contributed by atoms with van der Waals surface area (Å²) in [4.78, 5) is 0. The number of hydrogen-bond donors (Lipinski definition) is 1. The van der Waals surface area contributed by atoms with E-state index in [2.05, 4.69) is 31.4 Å². The molecular weight excluding hydrogens is 306 g/mol. The molecule has 0 bridgehead atoms. The summed E-state index contributed by atoms with van der Waals surface area (Å²) in [5, 5.41) is 11.8. The van der Waals surface area contributed by atoms with Crippen molar-refractivity contribution in [2.45, 2.75) is 6.54 Å². The smallest absolute Gasteiger partial charge is 0.231 e. The maximum atomic E-state index is 5.31. The summed E-state index contributed by atoms with van der Waals surface area (Å²) in [7, 11) is 0. The summed E-state index contributed by atoms with van der Waals surface area (Å²) in [6.45, 7) is 0.980. The van der Waals surface area contributed by atoms with Gasteiger partial charge in [-0.2, -0.15) is 0 Å². The van der Waals surface area contributed by atoms with Crippen LogP contribution in [-0.4, -0.2) is 17.0 Å². The Morgan fingerprint density at radius 3 is 3.00 bits per heavy atom. The maximum Gasteiger partial charge on any atom is 0.231 e. The first-order valence-electron chi connectivity index (χ1n) is 4.93. The van der Waals surface area contributed by atoms with E-state index in [0.29, 0.717) is 13.3 Å². The minimum absolute atomic E-state index is 0.301. The van der Waals surface area contributed by atoms with Gasteiger partial charge in [0.2, 0.25) is 11.9 Å². The Bertz CT molecular complexity index is 546. The standard InChI is InChI=1S/C10H8BrN3O2S/c11-9-13-14-10(17-9)12-4-6-1-2-7-8(3-6)16-5-15-7/h1-3H,4-5H2,(H,12,14). The van der Waals surface area contributed by atoms with E-state index in [1.54, 1.807) is 0 Å². The molecule has 1 N–H and O–H groups in total. The van der Waals surface area contributed by atoms with Crippen LogP contribution in [-0.2, 0) is 6.54 Å². The van der Waals surface area contributed by atoms with Gasteiger partial charge in [0.05, 0.1) is 0 Å². The normalized spacial score (nSPS) is 12.8. The first-order chi connectivity index (χ1) is 8.31. The van der Waals surface area contributed by atoms with Crippen molar-refractivity contribution in [3.05, 3.63) is 27.7 Å². The fourth-order valence-electron chi connectivity index (χ4n) is 1.51. The lowest BCUT2D eigenvalue weighted by molar-refractivity contribution is 0.174. The van der Waals surface area contributed by atoms with Crippen LogP contribution in [0.4, 0.5) is 5.13 Å². The highest BCUT2D eigenvalue weighted by molar-refractivity contribution is 9.11. The second kappa shape index (κ2) is 4.50. The van der Waals surface area contributed by atoms with Crippen LogP contribution in [0, 0.1) is 0 Å². The van der Waals surface area contributed by atoms with Gasteiger partial charge in [-0.15, -0.1) is 10.2 Å². The van der Waals surface area contributed by atoms with Gasteiger partial charge in [0.15, 0.2) is 15.4 Å². The van der Waals surface area contributed by atoms with Gasteiger partial charge < -0.3 is 14.8 Å². The second-order valence-corrected chi connectivity index (χ2v) is 5.65. The number of fused-ring (bicyclic) bond motifs is 1. The molecule has 0 spiro atoms. The molecule has 0 aliphatic carbocycles. The molecule has 0 unspecified atom stereocenters. The summed E-state index contributed by atoms with van der Waals surface area (Å²) in [6, 6.07) is 5.87. The van der Waals surface area contributed by atoms with Crippen LogP contribution in [0.15, 0.2) is 22.1 Å². The Hall–Kier alpha value is -1.34. The van der Waals surface area contributed by atoms with Crippen LogP contribution in [0.25, 0.3) is 0 Å². The van der Waals surface area contributed by atoms with Crippen LogP contribution < -0.4 is 14.8 Å². The summed E-state index contributed by atoms with van der Waals surface area (Å²) < 4.78 is 11.3. The van der Waals surface area contributed by atoms with Gasteiger partial charge >= 0.3 is 0 Å². The molecule has 7 heteroatoms. The molecule has 3 rings (SSSR count). The van der Waals surface area contributed by atoms with Crippen molar-refractivity contribution >= 4 is 32.4 Å². The van der Waals surface area contributed by atoms with E-state index < -0.39 is 0 Å². The molecule has 1 aromatic carbocycles. The van der Waals surface area contributed by atoms with E-state index in [1.807, 2.05) is 18.2 Å². The quantitative estimate of drug-likeness (QED) is 0.944. The maximum absolute atomic E-state index is 5.31. The lowest BCUT2D eigenvalue weighted by Gasteiger charge is -2.03. The zero-order valence-corrected chi connectivity index (χ0v) is 11.0. The molecule has 1 aliphatic rings. The van der Waals surface area contributed by atoms with Crippen molar-refractivity contribution in [2.75, 3.05) is 12.1 Å². The van der Waals surface area contributed by atoms with Crippen LogP contribution in [0.2, 0.25) is 0 Å². The van der Waals surface area contributed by atoms with Gasteiger partial charge in [-0.25, -0.2) is 0 Å². The molecular formula is C10H8BrN3O2S. The van der Waals surface area contributed by atoms with Gasteiger partial charge in [0.25, 0.3) is 0 Å².